The van der Waals surface area contributed by atoms with Crippen LogP contribution in [0.3, 0.4) is 0 Å². The molecule has 0 aliphatic heterocycles. The molecule has 0 saturated heterocycles. The fourth-order valence-corrected chi connectivity index (χ4v) is 6.98. The van der Waals surface area contributed by atoms with Crippen molar-refractivity contribution in [3.8, 4) is 11.1 Å². The van der Waals surface area contributed by atoms with Crippen LogP contribution in [0.4, 0.5) is 0 Å². The van der Waals surface area contributed by atoms with Gasteiger partial charge < -0.3 is 4.74 Å². The second-order valence-electron chi connectivity index (χ2n) is 11.7. The molecule has 3 aliphatic carbocycles. The van der Waals surface area contributed by atoms with E-state index >= 15 is 0 Å². The van der Waals surface area contributed by atoms with E-state index in [-0.39, 0.29) is 35.1 Å². The van der Waals surface area contributed by atoms with E-state index in [1.54, 1.807) is 0 Å². The van der Waals surface area contributed by atoms with E-state index in [1.165, 1.54) is 16.7 Å². The second kappa shape index (κ2) is 8.98. The molecule has 5 rings (SSSR count). The fraction of sp³-hybridized carbons (Fsp3) is 0.548. The van der Waals surface area contributed by atoms with Gasteiger partial charge >= 0.3 is 5.97 Å². The standard InChI is InChI=1S/C31H38O3/c1-21-11-16-26(28(20-21)34-29(33)31-18-7-10-27(32)25(31)17-19-31)30(2,3)24-14-12-23(13-15-24)22-8-5-4-6-9-22/h4-6,8-9,12-15,21,25-26,28H,7,10-11,16-20H2,1-3H3/t21-,25-,26-,28-,31+/m1/s1. The number of carbonyl (C=O) groups excluding carboxylic acids is 2. The summed E-state index contributed by atoms with van der Waals surface area (Å²) in [6.07, 6.45) is 7.00. The van der Waals surface area contributed by atoms with Crippen LogP contribution in [0.25, 0.3) is 11.1 Å². The number of ketones is 1. The quantitative estimate of drug-likeness (QED) is 0.448. The third-order valence-electron chi connectivity index (χ3n) is 9.36. The van der Waals surface area contributed by atoms with Gasteiger partial charge in [0, 0.05) is 18.3 Å². The summed E-state index contributed by atoms with van der Waals surface area (Å²) in [5.41, 5.74) is 3.10. The first-order valence-corrected chi connectivity index (χ1v) is 13.2. The van der Waals surface area contributed by atoms with Gasteiger partial charge in [0.05, 0.1) is 5.41 Å². The first-order chi connectivity index (χ1) is 16.3. The van der Waals surface area contributed by atoms with Crippen molar-refractivity contribution in [1.29, 1.82) is 0 Å². The molecule has 0 spiro atoms. The fourth-order valence-electron chi connectivity index (χ4n) is 6.98. The highest BCUT2D eigenvalue weighted by molar-refractivity contribution is 5.92. The van der Waals surface area contributed by atoms with Crippen molar-refractivity contribution in [2.45, 2.75) is 83.7 Å². The molecule has 3 nitrogen and oxygen atoms in total. The van der Waals surface area contributed by atoms with Crippen LogP contribution in [0, 0.1) is 23.2 Å². The molecular formula is C31H38O3. The van der Waals surface area contributed by atoms with Crippen molar-refractivity contribution in [2.24, 2.45) is 23.2 Å². The molecule has 0 bridgehead atoms. The lowest BCUT2D eigenvalue weighted by Gasteiger charge is -2.51. The topological polar surface area (TPSA) is 43.4 Å². The van der Waals surface area contributed by atoms with Crippen molar-refractivity contribution in [3.63, 3.8) is 0 Å². The third-order valence-corrected chi connectivity index (χ3v) is 9.36. The number of rotatable bonds is 5. The number of ether oxygens (including phenoxy) is 1. The number of Topliss-reactive ketones (excluding diaryl/α,β-unsaturated/α-hetero) is 1. The molecule has 3 heteroatoms. The van der Waals surface area contributed by atoms with Crippen LogP contribution in [0.15, 0.2) is 54.6 Å². The van der Waals surface area contributed by atoms with Crippen LogP contribution >= 0.6 is 0 Å². The minimum absolute atomic E-state index is 0.0869. The van der Waals surface area contributed by atoms with E-state index in [4.69, 9.17) is 4.74 Å². The highest BCUT2D eigenvalue weighted by atomic mass is 16.5. The summed E-state index contributed by atoms with van der Waals surface area (Å²) in [5, 5.41) is 0. The summed E-state index contributed by atoms with van der Waals surface area (Å²) < 4.78 is 6.40. The van der Waals surface area contributed by atoms with Gasteiger partial charge in [-0.1, -0.05) is 81.8 Å². The normalized spacial score (nSPS) is 31.3. The molecule has 3 aliphatic rings. The molecule has 0 unspecified atom stereocenters. The largest absolute Gasteiger partial charge is 0.462 e. The summed E-state index contributed by atoms with van der Waals surface area (Å²) in [6, 6.07) is 19.4. The molecule has 5 atom stereocenters. The summed E-state index contributed by atoms with van der Waals surface area (Å²) in [4.78, 5) is 26.0. The zero-order valence-electron chi connectivity index (χ0n) is 20.9. The number of hydrogen-bond donors (Lipinski definition) is 0. The highest BCUT2D eigenvalue weighted by Gasteiger charge is 2.58. The van der Waals surface area contributed by atoms with Gasteiger partial charge in [-0.2, -0.15) is 0 Å². The van der Waals surface area contributed by atoms with Gasteiger partial charge in [-0.3, -0.25) is 9.59 Å². The molecule has 180 valence electrons. The molecule has 34 heavy (non-hydrogen) atoms. The van der Waals surface area contributed by atoms with Gasteiger partial charge in [0.15, 0.2) is 0 Å². The Kier molecular flexibility index (Phi) is 6.16. The van der Waals surface area contributed by atoms with Crippen LogP contribution in [0.1, 0.15) is 77.7 Å². The first-order valence-electron chi connectivity index (χ1n) is 13.2. The number of hydrogen-bond acceptors (Lipinski definition) is 3. The SMILES string of the molecule is C[C@@H]1CC[C@@H](C(C)(C)c2ccc(-c3ccccc3)cc2)[C@H](OC(=O)[C@]23CCCC(=O)[C@H]2CC3)C1. The summed E-state index contributed by atoms with van der Waals surface area (Å²) in [5.74, 6) is 0.919. The summed E-state index contributed by atoms with van der Waals surface area (Å²) in [7, 11) is 0. The van der Waals surface area contributed by atoms with Gasteiger partial charge in [-0.25, -0.2) is 0 Å². The minimum atomic E-state index is -0.526. The van der Waals surface area contributed by atoms with Crippen molar-refractivity contribution in [1.82, 2.24) is 0 Å². The van der Waals surface area contributed by atoms with Gasteiger partial charge in [0.2, 0.25) is 0 Å². The maximum absolute atomic E-state index is 13.5. The molecule has 0 heterocycles. The Hall–Kier alpha value is -2.42. The molecule has 0 amide bonds. The van der Waals surface area contributed by atoms with Crippen LogP contribution < -0.4 is 0 Å². The lowest BCUT2D eigenvalue weighted by molar-refractivity contribution is -0.187. The third kappa shape index (κ3) is 4.01. The highest BCUT2D eigenvalue weighted by Crippen LogP contribution is 2.55. The van der Waals surface area contributed by atoms with Crippen molar-refractivity contribution < 1.29 is 14.3 Å². The van der Waals surface area contributed by atoms with Crippen LogP contribution in [-0.2, 0) is 19.7 Å². The Morgan fingerprint density at radius 1 is 0.941 bits per heavy atom. The molecule has 0 N–H and O–H groups in total. The smallest absolute Gasteiger partial charge is 0.313 e. The molecule has 3 saturated carbocycles. The zero-order valence-corrected chi connectivity index (χ0v) is 20.9. The Balaban J connectivity index is 1.36. The monoisotopic (exact) mass is 458 g/mol. The van der Waals surface area contributed by atoms with E-state index in [9.17, 15) is 9.59 Å². The van der Waals surface area contributed by atoms with Crippen LogP contribution in [0.2, 0.25) is 0 Å². The molecular weight excluding hydrogens is 420 g/mol. The Bertz CT molecular complexity index is 1040. The number of esters is 1. The van der Waals surface area contributed by atoms with Gasteiger partial charge in [0.25, 0.3) is 0 Å². The van der Waals surface area contributed by atoms with Gasteiger partial charge in [0.1, 0.15) is 11.9 Å². The Labute approximate surface area is 204 Å². The van der Waals surface area contributed by atoms with Gasteiger partial charge in [-0.15, -0.1) is 0 Å². The molecule has 2 aromatic rings. The maximum atomic E-state index is 13.5. The summed E-state index contributed by atoms with van der Waals surface area (Å²) in [6.45, 7) is 6.88. The predicted molar refractivity (Wildman–Crippen MR) is 135 cm³/mol. The van der Waals surface area contributed by atoms with Crippen molar-refractivity contribution in [3.05, 3.63) is 60.2 Å². The van der Waals surface area contributed by atoms with Crippen LogP contribution in [-0.4, -0.2) is 17.9 Å². The van der Waals surface area contributed by atoms with E-state index in [0.717, 1.165) is 44.9 Å². The van der Waals surface area contributed by atoms with Crippen molar-refractivity contribution >= 4 is 11.8 Å². The second-order valence-corrected chi connectivity index (χ2v) is 11.7. The molecule has 2 aromatic carbocycles. The average molecular weight is 459 g/mol. The maximum Gasteiger partial charge on any atom is 0.313 e. The van der Waals surface area contributed by atoms with E-state index < -0.39 is 5.41 Å². The minimum Gasteiger partial charge on any atom is -0.462 e. The molecule has 3 fully saturated rings. The Morgan fingerprint density at radius 3 is 2.32 bits per heavy atom. The number of carbonyl (C=O) groups is 2. The molecule has 0 aromatic heterocycles. The Morgan fingerprint density at radius 2 is 1.65 bits per heavy atom. The van der Waals surface area contributed by atoms with E-state index in [1.807, 2.05) is 6.07 Å². The molecule has 0 radical (unpaired) electrons. The zero-order chi connectivity index (χ0) is 23.9. The predicted octanol–water partition coefficient (Wildman–Crippen LogP) is 7.13. The average Bonchev–Trinajstić information content (AvgIpc) is 2.81. The number of fused-ring (bicyclic) bond motifs is 1. The van der Waals surface area contributed by atoms with Gasteiger partial charge in [-0.05, 0) is 66.5 Å². The number of benzene rings is 2. The van der Waals surface area contributed by atoms with E-state index in [0.29, 0.717) is 12.3 Å². The first kappa shape index (κ1) is 23.3. The summed E-state index contributed by atoms with van der Waals surface area (Å²) >= 11 is 0. The van der Waals surface area contributed by atoms with Crippen LogP contribution in [0.5, 0.6) is 0 Å². The van der Waals surface area contributed by atoms with Crippen molar-refractivity contribution in [2.75, 3.05) is 0 Å². The van der Waals surface area contributed by atoms with E-state index in [2.05, 4.69) is 69.3 Å². The lowest BCUT2D eigenvalue weighted by Crippen LogP contribution is -2.55. The lowest BCUT2D eigenvalue weighted by atomic mass is 9.53.